The van der Waals surface area contributed by atoms with Crippen LogP contribution >= 0.6 is 0 Å². The van der Waals surface area contributed by atoms with Crippen molar-refractivity contribution in [3.8, 4) is 0 Å². The largest absolute Gasteiger partial charge is 0.334 e. The summed E-state index contributed by atoms with van der Waals surface area (Å²) in [7, 11) is -0.325. The second-order valence-electron chi connectivity index (χ2n) is 10.3. The zero-order valence-electron chi connectivity index (χ0n) is 22.1. The van der Waals surface area contributed by atoms with Crippen LogP contribution < -0.4 is 14.3 Å². The summed E-state index contributed by atoms with van der Waals surface area (Å²) in [6.07, 6.45) is 7.37. The Morgan fingerprint density at radius 2 is 1.61 bits per heavy atom. The fraction of sp³-hybridized carbons (Fsp3) is 0.600. The molecule has 1 radical (unpaired) electrons. The van der Waals surface area contributed by atoms with Gasteiger partial charge in [0.2, 0.25) is 0 Å². The number of benzene rings is 1. The molecule has 2 aliphatic carbocycles. The Morgan fingerprint density at radius 1 is 1.03 bits per heavy atom. The molecule has 2 N–H and O–H groups in total. The molecule has 0 bridgehead atoms. The second kappa shape index (κ2) is 10.6. The number of rotatable bonds is 5. The van der Waals surface area contributed by atoms with Gasteiger partial charge in [-0.2, -0.15) is 13.5 Å². The first-order valence-corrected chi connectivity index (χ1v) is 14.1. The van der Waals surface area contributed by atoms with Gasteiger partial charge in [0.1, 0.15) is 0 Å². The predicted octanol–water partition coefficient (Wildman–Crippen LogP) is 2.60. The molecule has 5 rings (SSSR count). The first-order valence-electron chi connectivity index (χ1n) is 12.6. The summed E-state index contributed by atoms with van der Waals surface area (Å²) in [4.78, 5) is 15.4. The molecule has 9 nitrogen and oxygen atoms in total. The third kappa shape index (κ3) is 5.07. The van der Waals surface area contributed by atoms with Crippen molar-refractivity contribution >= 4 is 57.2 Å². The SMILES string of the molecule is Cc1nn(C)c(C)c1N(C1CCN(C)CC1)S(=O)(=O)NC(=O)Nc1c2c(cc3c1CCC3)CCC2.[Na]. The van der Waals surface area contributed by atoms with E-state index in [4.69, 9.17) is 0 Å². The van der Waals surface area contributed by atoms with Crippen LogP contribution in [-0.4, -0.2) is 84.9 Å². The van der Waals surface area contributed by atoms with E-state index in [0.717, 1.165) is 63.0 Å². The van der Waals surface area contributed by atoms with Crippen LogP contribution in [0.1, 0.15) is 59.3 Å². The van der Waals surface area contributed by atoms with Crippen molar-refractivity contribution in [3.63, 3.8) is 0 Å². The molecule has 1 aliphatic heterocycles. The van der Waals surface area contributed by atoms with Crippen LogP contribution in [0.3, 0.4) is 0 Å². The van der Waals surface area contributed by atoms with Crippen LogP contribution in [0.15, 0.2) is 6.07 Å². The number of carbonyl (C=O) groups excluding carboxylic acids is 1. The molecule has 2 aromatic rings. The number of carbonyl (C=O) groups is 1. The minimum atomic E-state index is -4.17. The topological polar surface area (TPSA) is 99.6 Å². The summed E-state index contributed by atoms with van der Waals surface area (Å²) in [6, 6.07) is 1.35. The van der Waals surface area contributed by atoms with Crippen LogP contribution in [0.25, 0.3) is 0 Å². The molecule has 2 amide bonds. The normalized spacial score (nSPS) is 17.9. The number of nitrogens with zero attached hydrogens (tertiary/aromatic N) is 4. The van der Waals surface area contributed by atoms with Crippen molar-refractivity contribution in [1.82, 2.24) is 19.4 Å². The first-order chi connectivity index (χ1) is 16.7. The van der Waals surface area contributed by atoms with Crippen LogP contribution in [-0.2, 0) is 42.9 Å². The maximum atomic E-state index is 13.8. The van der Waals surface area contributed by atoms with Gasteiger partial charge in [-0.1, -0.05) is 6.07 Å². The van der Waals surface area contributed by atoms with Gasteiger partial charge in [-0.05, 0) is 108 Å². The van der Waals surface area contributed by atoms with Gasteiger partial charge < -0.3 is 10.2 Å². The Kier molecular flexibility index (Phi) is 8.12. The number of urea groups is 1. The van der Waals surface area contributed by atoms with E-state index in [2.05, 4.69) is 26.1 Å². The molecule has 191 valence electrons. The zero-order chi connectivity index (χ0) is 24.9. The predicted molar refractivity (Wildman–Crippen MR) is 143 cm³/mol. The summed E-state index contributed by atoms with van der Waals surface area (Å²) in [5, 5.41) is 7.42. The number of piperidine rings is 1. The van der Waals surface area contributed by atoms with E-state index < -0.39 is 16.2 Å². The Balaban J connectivity index is 0.00000304. The Labute approximate surface area is 236 Å². The molecule has 1 aromatic carbocycles. The standard InChI is InChI=1S/C25H36N6O3S.Na/c1-16-24(17(2)30(4)27-16)31(20-11-13-29(3)14-12-20)35(33,34)28-25(32)26-23-21-9-5-7-18(21)15-19-8-6-10-22(19)23;/h15,20H,5-14H2,1-4H3,(H2,26,28,32);. The third-order valence-corrected chi connectivity index (χ3v) is 9.35. The average Bonchev–Trinajstić information content (AvgIpc) is 3.51. The molecule has 0 spiro atoms. The van der Waals surface area contributed by atoms with E-state index in [9.17, 15) is 13.2 Å². The van der Waals surface area contributed by atoms with E-state index in [1.165, 1.54) is 26.6 Å². The van der Waals surface area contributed by atoms with E-state index in [1.807, 2.05) is 27.9 Å². The van der Waals surface area contributed by atoms with Crippen molar-refractivity contribution in [2.24, 2.45) is 7.05 Å². The number of fused-ring (bicyclic) bond motifs is 2. The van der Waals surface area contributed by atoms with Crippen LogP contribution in [0.2, 0.25) is 0 Å². The third-order valence-electron chi connectivity index (χ3n) is 7.90. The summed E-state index contributed by atoms with van der Waals surface area (Å²) >= 11 is 0. The fourth-order valence-corrected chi connectivity index (χ4v) is 7.57. The molecule has 1 saturated heterocycles. The minimum absolute atomic E-state index is 0. The van der Waals surface area contributed by atoms with E-state index >= 15 is 0 Å². The summed E-state index contributed by atoms with van der Waals surface area (Å²) in [6.45, 7) is 5.27. The molecular weight excluding hydrogens is 487 g/mol. The molecule has 11 heteroatoms. The Morgan fingerprint density at radius 3 is 2.14 bits per heavy atom. The second-order valence-corrected chi connectivity index (χ2v) is 11.8. The Bertz CT molecular complexity index is 1240. The average molecular weight is 524 g/mol. The van der Waals surface area contributed by atoms with Crippen LogP contribution in [0.4, 0.5) is 16.2 Å². The van der Waals surface area contributed by atoms with Crippen molar-refractivity contribution in [2.45, 2.75) is 71.3 Å². The van der Waals surface area contributed by atoms with E-state index in [-0.39, 0.29) is 35.6 Å². The number of hydrogen-bond donors (Lipinski definition) is 2. The maximum absolute atomic E-state index is 13.8. The zero-order valence-corrected chi connectivity index (χ0v) is 25.0. The van der Waals surface area contributed by atoms with Crippen molar-refractivity contribution in [2.75, 3.05) is 29.8 Å². The van der Waals surface area contributed by atoms with Gasteiger partial charge in [-0.3, -0.25) is 4.68 Å². The Hall–Kier alpha value is -1.59. The van der Waals surface area contributed by atoms with Gasteiger partial charge in [0.05, 0.1) is 17.1 Å². The molecule has 1 aromatic heterocycles. The number of amides is 2. The van der Waals surface area contributed by atoms with Gasteiger partial charge in [0.15, 0.2) is 0 Å². The quantitative estimate of drug-likeness (QED) is 0.587. The van der Waals surface area contributed by atoms with Gasteiger partial charge in [0, 0.05) is 48.3 Å². The summed E-state index contributed by atoms with van der Waals surface area (Å²) in [5.74, 6) is 0. The molecule has 0 saturated carbocycles. The van der Waals surface area contributed by atoms with Crippen molar-refractivity contribution in [1.29, 1.82) is 0 Å². The number of aromatic nitrogens is 2. The van der Waals surface area contributed by atoms with Crippen LogP contribution in [0, 0.1) is 13.8 Å². The van der Waals surface area contributed by atoms with E-state index in [0.29, 0.717) is 24.2 Å². The number of aryl methyl sites for hydroxylation is 4. The number of anilines is 2. The van der Waals surface area contributed by atoms with E-state index in [1.54, 1.807) is 4.68 Å². The molecule has 0 unspecified atom stereocenters. The fourth-order valence-electron chi connectivity index (χ4n) is 6.08. The van der Waals surface area contributed by atoms with Gasteiger partial charge in [-0.15, -0.1) is 0 Å². The van der Waals surface area contributed by atoms with Crippen molar-refractivity contribution < 1.29 is 13.2 Å². The maximum Gasteiger partial charge on any atom is 0.334 e. The molecule has 36 heavy (non-hydrogen) atoms. The summed E-state index contributed by atoms with van der Waals surface area (Å²) < 4.78 is 33.1. The van der Waals surface area contributed by atoms with Crippen molar-refractivity contribution in [3.05, 3.63) is 39.7 Å². The monoisotopic (exact) mass is 523 g/mol. The minimum Gasteiger partial charge on any atom is -0.307 e. The molecule has 3 aliphatic rings. The summed E-state index contributed by atoms with van der Waals surface area (Å²) in [5.41, 5.74) is 7.70. The van der Waals surface area contributed by atoms with Crippen LogP contribution in [0.5, 0.6) is 0 Å². The molecule has 0 atom stereocenters. The number of nitrogens with one attached hydrogen (secondary N) is 2. The van der Waals surface area contributed by atoms with Gasteiger partial charge in [0.25, 0.3) is 0 Å². The molecule has 1 fully saturated rings. The van der Waals surface area contributed by atoms with Gasteiger partial charge >= 0.3 is 16.2 Å². The number of likely N-dealkylation sites (tertiary alicyclic amines) is 1. The molecular formula is C25H36N6NaO3S. The number of hydrogen-bond acceptors (Lipinski definition) is 5. The smallest absolute Gasteiger partial charge is 0.307 e. The molecule has 2 heterocycles. The first kappa shape index (κ1) is 27.4. The van der Waals surface area contributed by atoms with Gasteiger partial charge in [-0.25, -0.2) is 13.8 Å².